The van der Waals surface area contributed by atoms with Gasteiger partial charge in [-0.15, -0.1) is 0 Å². The molecule has 4 amide bonds. The van der Waals surface area contributed by atoms with E-state index >= 15 is 0 Å². The molecule has 1 aliphatic carbocycles. The first-order chi connectivity index (χ1) is 16.9. The van der Waals surface area contributed by atoms with Crippen molar-refractivity contribution in [3.05, 3.63) is 30.1 Å². The van der Waals surface area contributed by atoms with Gasteiger partial charge in [0.05, 0.1) is 6.04 Å². The Morgan fingerprint density at radius 3 is 2.63 bits per heavy atom. The van der Waals surface area contributed by atoms with Crippen LogP contribution in [0.2, 0.25) is 0 Å². The maximum Gasteiger partial charge on any atom is 0.318 e. The number of hydrogen-bond acceptors (Lipinski definition) is 4. The molecule has 0 unspecified atom stereocenters. The molecule has 8 heteroatoms. The molecule has 1 aromatic heterocycles. The minimum atomic E-state index is -0.586. The van der Waals surface area contributed by atoms with Gasteiger partial charge < -0.3 is 20.4 Å². The Morgan fingerprint density at radius 1 is 1.20 bits per heavy atom. The number of rotatable bonds is 10. The van der Waals surface area contributed by atoms with E-state index in [0.717, 1.165) is 44.1 Å². The van der Waals surface area contributed by atoms with Gasteiger partial charge in [0, 0.05) is 44.5 Å². The van der Waals surface area contributed by atoms with E-state index in [-0.39, 0.29) is 42.3 Å². The maximum absolute atomic E-state index is 13.7. The smallest absolute Gasteiger partial charge is 0.318 e. The number of carbonyl (C=O) groups excluding carboxylic acids is 3. The van der Waals surface area contributed by atoms with Crippen molar-refractivity contribution in [2.45, 2.75) is 103 Å². The summed E-state index contributed by atoms with van der Waals surface area (Å²) in [6.45, 7) is 7.61. The topological polar surface area (TPSA) is 94.6 Å². The van der Waals surface area contributed by atoms with Crippen LogP contribution in [0.15, 0.2) is 24.5 Å². The van der Waals surface area contributed by atoms with Gasteiger partial charge in [-0.05, 0) is 43.2 Å². The normalized spacial score (nSPS) is 21.3. The highest BCUT2D eigenvalue weighted by Gasteiger charge is 2.44. The Balaban J connectivity index is 1.84. The average Bonchev–Trinajstić information content (AvgIpc) is 2.83. The quantitative estimate of drug-likeness (QED) is 0.492. The monoisotopic (exact) mass is 485 g/mol. The molecule has 35 heavy (non-hydrogen) atoms. The Morgan fingerprint density at radius 2 is 1.97 bits per heavy atom. The van der Waals surface area contributed by atoms with E-state index < -0.39 is 6.04 Å². The van der Waals surface area contributed by atoms with Gasteiger partial charge in [0.2, 0.25) is 11.8 Å². The molecular weight excluding hydrogens is 442 g/mol. The van der Waals surface area contributed by atoms with Crippen molar-refractivity contribution < 1.29 is 14.4 Å². The van der Waals surface area contributed by atoms with E-state index in [9.17, 15) is 14.4 Å². The van der Waals surface area contributed by atoms with Gasteiger partial charge in [0.25, 0.3) is 0 Å². The first-order valence-corrected chi connectivity index (χ1v) is 13.4. The number of pyridine rings is 1. The zero-order valence-electron chi connectivity index (χ0n) is 21.7. The summed E-state index contributed by atoms with van der Waals surface area (Å²) in [4.78, 5) is 47.8. The zero-order valence-corrected chi connectivity index (χ0v) is 21.7. The number of amides is 4. The van der Waals surface area contributed by atoms with Crippen LogP contribution < -0.4 is 10.6 Å². The lowest BCUT2D eigenvalue weighted by molar-refractivity contribution is -0.145. The highest BCUT2D eigenvalue weighted by atomic mass is 16.2. The predicted octanol–water partition coefficient (Wildman–Crippen LogP) is 3.86. The zero-order chi connectivity index (χ0) is 25.2. The number of aromatic nitrogens is 1. The van der Waals surface area contributed by atoms with E-state index in [1.165, 1.54) is 6.42 Å². The fourth-order valence-electron chi connectivity index (χ4n) is 5.19. The Kier molecular flexibility index (Phi) is 10.4. The number of nitrogens with one attached hydrogen (secondary N) is 2. The Labute approximate surface area is 210 Å². The fourth-order valence-corrected chi connectivity index (χ4v) is 5.19. The van der Waals surface area contributed by atoms with Gasteiger partial charge in [0.1, 0.15) is 6.04 Å². The van der Waals surface area contributed by atoms with Gasteiger partial charge in [0.15, 0.2) is 0 Å². The molecule has 1 saturated heterocycles. The lowest BCUT2D eigenvalue weighted by atomic mass is 9.94. The van der Waals surface area contributed by atoms with Gasteiger partial charge in [-0.25, -0.2) is 4.79 Å². The summed E-state index contributed by atoms with van der Waals surface area (Å²) in [5.74, 6) is 0.105. The molecule has 194 valence electrons. The van der Waals surface area contributed by atoms with Crippen molar-refractivity contribution in [1.29, 1.82) is 0 Å². The molecule has 2 atom stereocenters. The molecule has 2 aliphatic rings. The van der Waals surface area contributed by atoms with Crippen molar-refractivity contribution in [1.82, 2.24) is 25.4 Å². The van der Waals surface area contributed by atoms with Gasteiger partial charge in [-0.2, -0.15) is 0 Å². The number of unbranched alkanes of at least 4 members (excludes halogenated alkanes) is 1. The van der Waals surface area contributed by atoms with E-state index in [0.29, 0.717) is 26.1 Å². The SMILES string of the molecule is CCCCNC(=O)C[C@H]1CN(Cc2cccnc2)C(=O)[C@H](CC(C)C)N1C(=O)NC1CCCCC1. The number of nitrogens with zero attached hydrogens (tertiary/aromatic N) is 3. The van der Waals surface area contributed by atoms with E-state index in [2.05, 4.69) is 36.4 Å². The number of hydrogen-bond donors (Lipinski definition) is 2. The molecule has 0 aromatic carbocycles. The minimum Gasteiger partial charge on any atom is -0.356 e. The third kappa shape index (κ3) is 7.94. The molecule has 1 aliphatic heterocycles. The van der Waals surface area contributed by atoms with Crippen LogP contribution in [0.3, 0.4) is 0 Å². The van der Waals surface area contributed by atoms with E-state index in [4.69, 9.17) is 0 Å². The van der Waals surface area contributed by atoms with Gasteiger partial charge in [-0.3, -0.25) is 14.6 Å². The van der Waals surface area contributed by atoms with Crippen LogP contribution in [0.25, 0.3) is 0 Å². The molecule has 1 aromatic rings. The molecule has 8 nitrogen and oxygen atoms in total. The van der Waals surface area contributed by atoms with Gasteiger partial charge >= 0.3 is 6.03 Å². The summed E-state index contributed by atoms with van der Waals surface area (Å²) < 4.78 is 0. The standard InChI is InChI=1S/C27H43N5O3/c1-4-5-14-29-25(33)16-23-19-31(18-21-10-9-13-28-17-21)26(34)24(15-20(2)3)32(23)27(35)30-22-11-7-6-8-12-22/h9-10,13,17,20,22-24H,4-8,11-12,14-16,18-19H2,1-3H3,(H,29,33)(H,30,35)/t23-,24-/m0/s1. The number of piperazine rings is 1. The Hall–Kier alpha value is -2.64. The molecule has 0 spiro atoms. The average molecular weight is 486 g/mol. The fraction of sp³-hybridized carbons (Fsp3) is 0.704. The summed E-state index contributed by atoms with van der Waals surface area (Å²) >= 11 is 0. The molecular formula is C27H43N5O3. The van der Waals surface area contributed by atoms with Crippen LogP contribution in [-0.4, -0.2) is 63.8 Å². The van der Waals surface area contributed by atoms with E-state index in [1.54, 1.807) is 22.2 Å². The lowest BCUT2D eigenvalue weighted by Crippen LogP contribution is -2.66. The summed E-state index contributed by atoms with van der Waals surface area (Å²) in [7, 11) is 0. The molecule has 0 radical (unpaired) electrons. The first kappa shape index (κ1) is 27.0. The van der Waals surface area contributed by atoms with Crippen molar-refractivity contribution in [2.24, 2.45) is 5.92 Å². The first-order valence-electron chi connectivity index (χ1n) is 13.4. The molecule has 2 fully saturated rings. The van der Waals surface area contributed by atoms with Crippen molar-refractivity contribution >= 4 is 17.8 Å². The third-order valence-electron chi connectivity index (χ3n) is 6.99. The summed E-state index contributed by atoms with van der Waals surface area (Å²) in [6.07, 6.45) is 11.5. The predicted molar refractivity (Wildman–Crippen MR) is 136 cm³/mol. The molecule has 2 N–H and O–H groups in total. The molecule has 2 heterocycles. The van der Waals surface area contributed by atoms with Crippen LogP contribution in [0.4, 0.5) is 4.79 Å². The van der Waals surface area contributed by atoms with Crippen LogP contribution in [0.1, 0.15) is 84.1 Å². The van der Waals surface area contributed by atoms with Crippen LogP contribution in [0.5, 0.6) is 0 Å². The summed E-state index contributed by atoms with van der Waals surface area (Å²) in [6, 6.07) is 2.78. The largest absolute Gasteiger partial charge is 0.356 e. The van der Waals surface area contributed by atoms with Gasteiger partial charge in [-0.1, -0.05) is 52.5 Å². The van der Waals surface area contributed by atoms with Crippen molar-refractivity contribution in [2.75, 3.05) is 13.1 Å². The van der Waals surface area contributed by atoms with Crippen molar-refractivity contribution in [3.8, 4) is 0 Å². The lowest BCUT2D eigenvalue weighted by Gasteiger charge is -2.47. The summed E-state index contributed by atoms with van der Waals surface area (Å²) in [5, 5.41) is 6.20. The van der Waals surface area contributed by atoms with Crippen molar-refractivity contribution in [3.63, 3.8) is 0 Å². The Bertz CT molecular complexity index is 825. The maximum atomic E-state index is 13.7. The molecule has 1 saturated carbocycles. The van der Waals surface area contributed by atoms with Crippen LogP contribution in [-0.2, 0) is 16.1 Å². The highest BCUT2D eigenvalue weighted by molar-refractivity contribution is 5.89. The second kappa shape index (κ2) is 13.4. The molecule has 0 bridgehead atoms. The van der Waals surface area contributed by atoms with E-state index in [1.807, 2.05) is 12.1 Å². The summed E-state index contributed by atoms with van der Waals surface area (Å²) in [5.41, 5.74) is 0.940. The second-order valence-electron chi connectivity index (χ2n) is 10.5. The van der Waals surface area contributed by atoms with Crippen LogP contribution >= 0.6 is 0 Å². The molecule has 3 rings (SSSR count). The third-order valence-corrected chi connectivity index (χ3v) is 6.99. The number of carbonyl (C=O) groups is 3. The minimum absolute atomic E-state index is 0.0519. The highest BCUT2D eigenvalue weighted by Crippen LogP contribution is 2.27. The second-order valence-corrected chi connectivity index (χ2v) is 10.5. The van der Waals surface area contributed by atoms with Crippen LogP contribution in [0, 0.1) is 5.92 Å². The number of urea groups is 1.